The van der Waals surface area contributed by atoms with Crippen molar-refractivity contribution < 1.29 is 9.53 Å². The molecule has 1 aromatic carbocycles. The summed E-state index contributed by atoms with van der Waals surface area (Å²) in [6, 6.07) is 9.38. The first kappa shape index (κ1) is 17.4. The third-order valence-corrected chi connectivity index (χ3v) is 3.54. The van der Waals surface area contributed by atoms with Gasteiger partial charge in [0, 0.05) is 6.54 Å². The second kappa shape index (κ2) is 8.10. The van der Waals surface area contributed by atoms with E-state index in [2.05, 4.69) is 31.1 Å². The molecule has 2 aromatic heterocycles. The molecule has 0 aliphatic carbocycles. The van der Waals surface area contributed by atoms with Crippen LogP contribution >= 0.6 is 0 Å². The normalized spacial score (nSPS) is 11.5. The number of carbonyl (C=O) groups is 1. The van der Waals surface area contributed by atoms with Gasteiger partial charge in [0.1, 0.15) is 0 Å². The van der Waals surface area contributed by atoms with E-state index in [0.717, 1.165) is 12.0 Å². The van der Waals surface area contributed by atoms with Crippen LogP contribution < -0.4 is 0 Å². The van der Waals surface area contributed by atoms with Gasteiger partial charge in [-0.1, -0.05) is 37.3 Å². The van der Waals surface area contributed by atoms with E-state index in [-0.39, 0.29) is 12.3 Å². The van der Waals surface area contributed by atoms with Crippen molar-refractivity contribution in [3.05, 3.63) is 47.5 Å². The van der Waals surface area contributed by atoms with Crippen molar-refractivity contribution in [1.29, 1.82) is 0 Å². The molecule has 0 saturated heterocycles. The lowest BCUT2D eigenvalue weighted by atomic mass is 10.2. The Balaban J connectivity index is 1.83. The quantitative estimate of drug-likeness (QED) is 0.458. The average Bonchev–Trinajstić information content (AvgIpc) is 3.28. The van der Waals surface area contributed by atoms with E-state index in [4.69, 9.17) is 4.74 Å². The van der Waals surface area contributed by atoms with Crippen LogP contribution in [0.5, 0.6) is 0 Å². The van der Waals surface area contributed by atoms with Crippen LogP contribution in [-0.4, -0.2) is 46.4 Å². The fourth-order valence-electron chi connectivity index (χ4n) is 2.28. The van der Waals surface area contributed by atoms with Gasteiger partial charge in [-0.25, -0.2) is 9.48 Å². The van der Waals surface area contributed by atoms with Crippen LogP contribution in [-0.2, 0) is 22.7 Å². The average molecular weight is 354 g/mol. The molecule has 10 heteroatoms. The number of nitrogens with zero attached hydrogens (tertiary/aromatic N) is 8. The molecule has 3 aromatic rings. The molecule has 134 valence electrons. The highest BCUT2D eigenvalue weighted by Crippen LogP contribution is 2.14. The van der Waals surface area contributed by atoms with E-state index < -0.39 is 5.97 Å². The molecular weight excluding hydrogens is 336 g/mol. The third-order valence-electron chi connectivity index (χ3n) is 3.54. The maximum Gasteiger partial charge on any atom is 0.357 e. The number of esters is 1. The summed E-state index contributed by atoms with van der Waals surface area (Å²) < 4.78 is 8.34. The zero-order chi connectivity index (χ0) is 18.4. The minimum atomic E-state index is -0.574. The van der Waals surface area contributed by atoms with E-state index in [1.54, 1.807) is 17.7 Å². The minimum absolute atomic E-state index is 0.0425. The van der Waals surface area contributed by atoms with Gasteiger partial charge in [0.25, 0.3) is 0 Å². The van der Waals surface area contributed by atoms with Crippen molar-refractivity contribution in [3.63, 3.8) is 0 Å². The molecule has 26 heavy (non-hydrogen) atoms. The van der Waals surface area contributed by atoms with Gasteiger partial charge in [0.2, 0.25) is 0 Å². The van der Waals surface area contributed by atoms with Crippen LogP contribution in [0.1, 0.15) is 30.6 Å². The van der Waals surface area contributed by atoms with Crippen molar-refractivity contribution in [2.75, 3.05) is 0 Å². The molecule has 0 spiro atoms. The number of ether oxygens (including phenoxy) is 1. The second-order valence-electron chi connectivity index (χ2n) is 5.47. The SMILES string of the molecule is CCCn1nnnc1COC(=O)/C(=C/c1ccccc1)n1nnnc1C. The number of hydrogen-bond donors (Lipinski definition) is 0. The molecule has 0 aliphatic heterocycles. The zero-order valence-corrected chi connectivity index (χ0v) is 14.5. The van der Waals surface area contributed by atoms with Crippen molar-refractivity contribution >= 4 is 17.7 Å². The van der Waals surface area contributed by atoms with Gasteiger partial charge in [-0.15, -0.1) is 10.2 Å². The largest absolute Gasteiger partial charge is 0.453 e. The predicted molar refractivity (Wildman–Crippen MR) is 91.1 cm³/mol. The lowest BCUT2D eigenvalue weighted by Gasteiger charge is -2.09. The molecule has 0 amide bonds. The summed E-state index contributed by atoms with van der Waals surface area (Å²) in [4.78, 5) is 12.7. The van der Waals surface area contributed by atoms with Crippen LogP contribution in [0.4, 0.5) is 0 Å². The van der Waals surface area contributed by atoms with Gasteiger partial charge >= 0.3 is 5.97 Å². The first-order valence-corrected chi connectivity index (χ1v) is 8.13. The van der Waals surface area contributed by atoms with Gasteiger partial charge in [0.05, 0.1) is 0 Å². The number of aromatic nitrogens is 8. The Kier molecular flexibility index (Phi) is 5.42. The summed E-state index contributed by atoms with van der Waals surface area (Å²) in [5, 5.41) is 22.7. The first-order valence-electron chi connectivity index (χ1n) is 8.13. The molecule has 0 aliphatic rings. The minimum Gasteiger partial charge on any atom is -0.453 e. The summed E-state index contributed by atoms with van der Waals surface area (Å²) in [5.74, 6) is 0.378. The summed E-state index contributed by atoms with van der Waals surface area (Å²) in [5.41, 5.74) is 1.03. The maximum atomic E-state index is 12.7. The molecule has 3 rings (SSSR count). The van der Waals surface area contributed by atoms with Gasteiger partial charge in [-0.05, 0) is 45.8 Å². The van der Waals surface area contributed by atoms with E-state index in [1.165, 1.54) is 4.68 Å². The molecule has 0 bridgehead atoms. The van der Waals surface area contributed by atoms with Crippen molar-refractivity contribution in [2.45, 2.75) is 33.4 Å². The van der Waals surface area contributed by atoms with Gasteiger partial charge < -0.3 is 4.74 Å². The van der Waals surface area contributed by atoms with Gasteiger partial charge in [-0.3, -0.25) is 0 Å². The highest BCUT2D eigenvalue weighted by atomic mass is 16.5. The summed E-state index contributed by atoms with van der Waals surface area (Å²) in [7, 11) is 0. The molecule has 10 nitrogen and oxygen atoms in total. The molecule has 2 heterocycles. The molecule has 0 fully saturated rings. The molecular formula is C16H18N8O2. The number of hydrogen-bond acceptors (Lipinski definition) is 8. The Morgan fingerprint density at radius 1 is 1.15 bits per heavy atom. The highest BCUT2D eigenvalue weighted by molar-refractivity contribution is 6.15. The van der Waals surface area contributed by atoms with Crippen molar-refractivity contribution in [1.82, 2.24) is 40.4 Å². The predicted octanol–water partition coefficient (Wildman–Crippen LogP) is 1.12. The maximum absolute atomic E-state index is 12.7. The molecule has 0 atom stereocenters. The summed E-state index contributed by atoms with van der Waals surface area (Å²) in [6.45, 7) is 4.32. The van der Waals surface area contributed by atoms with Crippen LogP contribution in [0.2, 0.25) is 0 Å². The van der Waals surface area contributed by atoms with Crippen LogP contribution in [0.3, 0.4) is 0 Å². The van der Waals surface area contributed by atoms with Crippen LogP contribution in [0, 0.1) is 6.92 Å². The van der Waals surface area contributed by atoms with Gasteiger partial charge in [0.15, 0.2) is 24.0 Å². The number of carbonyl (C=O) groups excluding carboxylic acids is 1. The van der Waals surface area contributed by atoms with E-state index in [1.807, 2.05) is 37.3 Å². The summed E-state index contributed by atoms with van der Waals surface area (Å²) in [6.07, 6.45) is 2.54. The Morgan fingerprint density at radius 3 is 2.62 bits per heavy atom. The fourth-order valence-corrected chi connectivity index (χ4v) is 2.28. The number of benzene rings is 1. The van der Waals surface area contributed by atoms with E-state index in [0.29, 0.717) is 18.2 Å². The lowest BCUT2D eigenvalue weighted by molar-refractivity contribution is -0.138. The lowest BCUT2D eigenvalue weighted by Crippen LogP contribution is -2.16. The third kappa shape index (κ3) is 3.97. The highest BCUT2D eigenvalue weighted by Gasteiger charge is 2.19. The van der Waals surface area contributed by atoms with Crippen LogP contribution in [0.15, 0.2) is 30.3 Å². The molecule has 0 saturated carbocycles. The Bertz CT molecular complexity index is 900. The monoisotopic (exact) mass is 354 g/mol. The Labute approximate surface area is 149 Å². The summed E-state index contributed by atoms with van der Waals surface area (Å²) >= 11 is 0. The second-order valence-corrected chi connectivity index (χ2v) is 5.47. The fraction of sp³-hybridized carbons (Fsp3) is 0.312. The molecule has 0 unspecified atom stereocenters. The number of tetrazole rings is 2. The van der Waals surface area contributed by atoms with E-state index >= 15 is 0 Å². The van der Waals surface area contributed by atoms with E-state index in [9.17, 15) is 4.79 Å². The van der Waals surface area contributed by atoms with Crippen molar-refractivity contribution in [2.24, 2.45) is 0 Å². The Morgan fingerprint density at radius 2 is 1.92 bits per heavy atom. The topological polar surface area (TPSA) is 114 Å². The smallest absolute Gasteiger partial charge is 0.357 e. The standard InChI is InChI=1S/C16H18N8O2/c1-3-9-23-15(18-20-21-23)11-26-16(25)14(24-12(2)17-19-22-24)10-13-7-5-4-6-8-13/h4-8,10H,3,9,11H2,1-2H3/b14-10-. The van der Waals surface area contributed by atoms with Crippen molar-refractivity contribution in [3.8, 4) is 0 Å². The molecule has 0 N–H and O–H groups in total. The van der Waals surface area contributed by atoms with Crippen LogP contribution in [0.25, 0.3) is 11.8 Å². The zero-order valence-electron chi connectivity index (χ0n) is 14.5. The number of aryl methyl sites for hydroxylation is 2. The molecule has 0 radical (unpaired) electrons. The van der Waals surface area contributed by atoms with Gasteiger partial charge in [-0.2, -0.15) is 4.68 Å². The first-order chi connectivity index (χ1) is 12.7. The Hall–Kier alpha value is -3.43. The number of rotatable bonds is 7.